The first-order valence-electron chi connectivity index (χ1n) is 11.2. The zero-order valence-electron chi connectivity index (χ0n) is 18.5. The average molecular weight is 506 g/mol. The maximum Gasteiger partial charge on any atom is 0.490 e. The summed E-state index contributed by atoms with van der Waals surface area (Å²) in [5.74, 6) is -1.03. The number of benzene rings is 1. The zero-order chi connectivity index (χ0) is 24.6. The maximum atomic E-state index is 10.6. The molecule has 35 heavy (non-hydrogen) atoms. The average Bonchev–Trinajstić information content (AvgIpc) is 3.23. The first kappa shape index (κ1) is 23.5. The van der Waals surface area contributed by atoms with Crippen LogP contribution in [0.3, 0.4) is 0 Å². The van der Waals surface area contributed by atoms with E-state index in [-0.39, 0.29) is 0 Å². The van der Waals surface area contributed by atoms with Gasteiger partial charge in [0.2, 0.25) is 5.82 Å². The molecule has 3 aromatic heterocycles. The molecule has 1 saturated carbocycles. The molecule has 12 heteroatoms. The van der Waals surface area contributed by atoms with Crippen LogP contribution in [-0.4, -0.2) is 54.8 Å². The molecule has 0 unspecified atom stereocenters. The highest BCUT2D eigenvalue weighted by molar-refractivity contribution is 7.15. The number of halogens is 3. The summed E-state index contributed by atoms with van der Waals surface area (Å²) in [6.45, 7) is 3.44. The highest BCUT2D eigenvalue weighted by Gasteiger charge is 2.38. The van der Waals surface area contributed by atoms with Gasteiger partial charge in [0, 0.05) is 29.6 Å². The molecular formula is C23H22F3N5O3S. The molecule has 1 aromatic carbocycles. The van der Waals surface area contributed by atoms with E-state index in [2.05, 4.69) is 38.7 Å². The van der Waals surface area contributed by atoms with Gasteiger partial charge in [-0.05, 0) is 44.3 Å². The Morgan fingerprint density at radius 2 is 1.83 bits per heavy atom. The minimum atomic E-state index is -5.08. The monoisotopic (exact) mass is 505 g/mol. The number of fused-ring (bicyclic) bond motifs is 1. The summed E-state index contributed by atoms with van der Waals surface area (Å²) in [5.41, 5.74) is 4.38. The molecule has 1 saturated heterocycles. The Bertz CT molecular complexity index is 1320. The Labute approximate surface area is 202 Å². The van der Waals surface area contributed by atoms with Gasteiger partial charge in [0.05, 0.1) is 5.69 Å². The Morgan fingerprint density at radius 3 is 2.46 bits per heavy atom. The van der Waals surface area contributed by atoms with Crippen LogP contribution in [0.2, 0.25) is 0 Å². The minimum absolute atomic E-state index is 0.530. The second kappa shape index (κ2) is 9.42. The van der Waals surface area contributed by atoms with Crippen molar-refractivity contribution in [2.24, 2.45) is 0 Å². The van der Waals surface area contributed by atoms with E-state index in [1.807, 2.05) is 11.6 Å². The van der Waals surface area contributed by atoms with E-state index in [0.717, 1.165) is 28.5 Å². The highest BCUT2D eigenvalue weighted by Crippen LogP contribution is 2.44. The summed E-state index contributed by atoms with van der Waals surface area (Å²) >= 11 is 1.64. The lowest BCUT2D eigenvalue weighted by Gasteiger charge is -2.14. The lowest BCUT2D eigenvalue weighted by molar-refractivity contribution is -0.192. The van der Waals surface area contributed by atoms with E-state index in [0.29, 0.717) is 17.6 Å². The number of carboxylic acid groups (broad SMARTS) is 1. The lowest BCUT2D eigenvalue weighted by atomic mass is 10.1. The van der Waals surface area contributed by atoms with Crippen molar-refractivity contribution in [3.8, 4) is 23.0 Å². The van der Waals surface area contributed by atoms with Crippen molar-refractivity contribution in [1.82, 2.24) is 24.4 Å². The first-order chi connectivity index (χ1) is 16.8. The summed E-state index contributed by atoms with van der Waals surface area (Å²) in [4.78, 5) is 21.9. The van der Waals surface area contributed by atoms with Crippen molar-refractivity contribution in [3.63, 3.8) is 0 Å². The van der Waals surface area contributed by atoms with Gasteiger partial charge < -0.3 is 9.63 Å². The summed E-state index contributed by atoms with van der Waals surface area (Å²) in [6.07, 6.45) is 1.97. The number of thiazole rings is 1. The molecule has 4 heterocycles. The Hall–Kier alpha value is -3.25. The van der Waals surface area contributed by atoms with Crippen LogP contribution in [-0.2, 0) is 11.3 Å². The Balaban J connectivity index is 0.000000320. The van der Waals surface area contributed by atoms with E-state index in [1.165, 1.54) is 44.3 Å². The van der Waals surface area contributed by atoms with Gasteiger partial charge in [-0.15, -0.1) is 11.3 Å². The maximum absolute atomic E-state index is 10.6. The standard InChI is InChI=1S/C21H21N5OS.C2HF3O2/c1-2-10-25(9-1)13-14-3-5-16(6-4-14)19-23-20(27-24-19)18-17(15-7-8-15)22-21-26(18)11-12-28-21;3-2(4,5)1(6)7/h3-6,11-12,15H,1-2,7-10,13H2;(H,6,7). The van der Waals surface area contributed by atoms with E-state index in [4.69, 9.17) is 24.4 Å². The molecule has 2 fully saturated rings. The van der Waals surface area contributed by atoms with Gasteiger partial charge >= 0.3 is 12.1 Å². The molecule has 0 amide bonds. The number of hydrogen-bond acceptors (Lipinski definition) is 7. The van der Waals surface area contributed by atoms with Gasteiger partial charge in [-0.3, -0.25) is 9.30 Å². The normalized spacial score (nSPS) is 16.4. The number of hydrogen-bond donors (Lipinski definition) is 1. The number of nitrogens with zero attached hydrogens (tertiary/aromatic N) is 5. The summed E-state index contributed by atoms with van der Waals surface area (Å²) in [6, 6.07) is 8.54. The van der Waals surface area contributed by atoms with Crippen molar-refractivity contribution in [2.75, 3.05) is 13.1 Å². The molecule has 0 spiro atoms. The van der Waals surface area contributed by atoms with E-state index in [9.17, 15) is 13.2 Å². The van der Waals surface area contributed by atoms with Crippen LogP contribution in [0.15, 0.2) is 40.4 Å². The molecule has 4 aromatic rings. The SMILES string of the molecule is O=C(O)C(F)(F)F.c1cn2c(-c3nc(-c4ccc(CN5CCCC5)cc4)no3)c(C3CC3)nc2s1. The third-order valence-electron chi connectivity index (χ3n) is 5.94. The van der Waals surface area contributed by atoms with Gasteiger partial charge in [0.25, 0.3) is 5.89 Å². The van der Waals surface area contributed by atoms with E-state index in [1.54, 1.807) is 11.3 Å². The van der Waals surface area contributed by atoms with Crippen LogP contribution in [0, 0.1) is 0 Å². The number of imidazole rings is 1. The molecule has 8 nitrogen and oxygen atoms in total. The van der Waals surface area contributed by atoms with Gasteiger partial charge in [-0.25, -0.2) is 9.78 Å². The van der Waals surface area contributed by atoms with Crippen LogP contribution >= 0.6 is 11.3 Å². The number of alkyl halides is 3. The fourth-order valence-corrected chi connectivity index (χ4v) is 4.77. The quantitative estimate of drug-likeness (QED) is 0.397. The molecule has 1 N–H and O–H groups in total. The predicted molar refractivity (Wildman–Crippen MR) is 122 cm³/mol. The number of carbonyl (C=O) groups is 1. The number of rotatable bonds is 5. The molecule has 0 atom stereocenters. The lowest BCUT2D eigenvalue weighted by Crippen LogP contribution is -2.21. The number of aliphatic carboxylic acids is 1. The van der Waals surface area contributed by atoms with Crippen molar-refractivity contribution in [1.29, 1.82) is 0 Å². The molecule has 184 valence electrons. The van der Waals surface area contributed by atoms with Crippen LogP contribution < -0.4 is 0 Å². The van der Waals surface area contributed by atoms with E-state index >= 15 is 0 Å². The molecule has 1 aliphatic heterocycles. The van der Waals surface area contributed by atoms with Crippen molar-refractivity contribution in [3.05, 3.63) is 47.1 Å². The summed E-state index contributed by atoms with van der Waals surface area (Å²) in [5, 5.41) is 13.4. The van der Waals surface area contributed by atoms with Gasteiger partial charge in [-0.1, -0.05) is 29.4 Å². The molecular weight excluding hydrogens is 483 g/mol. The third kappa shape index (κ3) is 5.22. The third-order valence-corrected chi connectivity index (χ3v) is 6.70. The van der Waals surface area contributed by atoms with Gasteiger partial charge in [0.1, 0.15) is 5.69 Å². The summed E-state index contributed by atoms with van der Waals surface area (Å²) < 4.78 is 39.5. The first-order valence-corrected chi connectivity index (χ1v) is 12.1. The van der Waals surface area contributed by atoms with Crippen molar-refractivity contribution in [2.45, 2.75) is 44.3 Å². The van der Waals surface area contributed by atoms with Crippen molar-refractivity contribution < 1.29 is 27.6 Å². The number of carboxylic acids is 1. The summed E-state index contributed by atoms with van der Waals surface area (Å²) in [7, 11) is 0. The molecule has 6 rings (SSSR count). The highest BCUT2D eigenvalue weighted by atomic mass is 32.1. The van der Waals surface area contributed by atoms with Crippen LogP contribution in [0.4, 0.5) is 13.2 Å². The Kier molecular flexibility index (Phi) is 6.32. The smallest absolute Gasteiger partial charge is 0.475 e. The minimum Gasteiger partial charge on any atom is -0.475 e. The van der Waals surface area contributed by atoms with Crippen molar-refractivity contribution >= 4 is 22.3 Å². The van der Waals surface area contributed by atoms with Crippen LogP contribution in [0.5, 0.6) is 0 Å². The fourth-order valence-electron chi connectivity index (χ4n) is 4.05. The second-order valence-corrected chi connectivity index (χ2v) is 9.45. The van der Waals surface area contributed by atoms with Gasteiger partial charge in [-0.2, -0.15) is 18.2 Å². The van der Waals surface area contributed by atoms with Gasteiger partial charge in [0.15, 0.2) is 4.96 Å². The number of likely N-dealkylation sites (tertiary alicyclic amines) is 1. The largest absolute Gasteiger partial charge is 0.490 e. The van der Waals surface area contributed by atoms with Crippen LogP contribution in [0.1, 0.15) is 42.9 Å². The molecule has 0 radical (unpaired) electrons. The fraction of sp³-hybridized carbons (Fsp3) is 0.391. The Morgan fingerprint density at radius 1 is 1.14 bits per heavy atom. The van der Waals surface area contributed by atoms with Crippen LogP contribution in [0.25, 0.3) is 27.9 Å². The van der Waals surface area contributed by atoms with E-state index < -0.39 is 12.1 Å². The number of aromatic nitrogens is 4. The second-order valence-electron chi connectivity index (χ2n) is 8.58. The zero-order valence-corrected chi connectivity index (χ0v) is 19.3. The topological polar surface area (TPSA) is 96.8 Å². The molecule has 1 aliphatic carbocycles. The predicted octanol–water partition coefficient (Wildman–Crippen LogP) is 5.22. The molecule has 0 bridgehead atoms. The molecule has 2 aliphatic rings.